The number of aromatic nitrogens is 2. The number of nitrogens with zero attached hydrogens (tertiary/aromatic N) is 2. The fourth-order valence-electron chi connectivity index (χ4n) is 1.91. The average Bonchev–Trinajstić information content (AvgIpc) is 2.74. The predicted molar refractivity (Wildman–Crippen MR) is 75.7 cm³/mol. The van der Waals surface area contributed by atoms with Gasteiger partial charge in [0.05, 0.1) is 0 Å². The monoisotopic (exact) mass is 259 g/mol. The van der Waals surface area contributed by atoms with Crippen molar-refractivity contribution in [2.45, 2.75) is 34.1 Å². The molecule has 0 radical (unpaired) electrons. The second kappa shape index (κ2) is 5.13. The Bertz CT molecular complexity index is 573. The Kier molecular flexibility index (Phi) is 3.71. The highest BCUT2D eigenvalue weighted by molar-refractivity contribution is 5.52. The van der Waals surface area contributed by atoms with E-state index in [4.69, 9.17) is 10.2 Å². The molecule has 0 aliphatic heterocycles. The van der Waals surface area contributed by atoms with Gasteiger partial charge in [-0.2, -0.15) is 0 Å². The van der Waals surface area contributed by atoms with Gasteiger partial charge in [0.2, 0.25) is 0 Å². The Labute approximate surface area is 114 Å². The van der Waals surface area contributed by atoms with Crippen LogP contribution in [0.3, 0.4) is 0 Å². The lowest BCUT2D eigenvalue weighted by molar-refractivity contribution is 0.367. The minimum atomic E-state index is 0.00411. The summed E-state index contributed by atoms with van der Waals surface area (Å²) in [6.45, 7) is 8.75. The van der Waals surface area contributed by atoms with Gasteiger partial charge in [0.1, 0.15) is 17.3 Å². The molecule has 0 bridgehead atoms. The lowest BCUT2D eigenvalue weighted by Gasteiger charge is -2.21. The molecule has 19 heavy (non-hydrogen) atoms. The number of aryl methyl sites for hydroxylation is 2. The van der Waals surface area contributed by atoms with E-state index in [1.807, 2.05) is 32.0 Å². The Balaban J connectivity index is 2.35. The van der Waals surface area contributed by atoms with Crippen LogP contribution < -0.4 is 5.73 Å². The molecule has 4 heteroatoms. The third kappa shape index (κ3) is 3.41. The molecule has 2 rings (SSSR count). The van der Waals surface area contributed by atoms with Crippen LogP contribution in [0.25, 0.3) is 11.5 Å². The molecule has 2 heterocycles. The number of rotatable bonds is 4. The fourth-order valence-corrected chi connectivity index (χ4v) is 1.91. The van der Waals surface area contributed by atoms with Crippen molar-refractivity contribution in [3.05, 3.63) is 35.5 Å². The highest BCUT2D eigenvalue weighted by Gasteiger charge is 2.19. The minimum Gasteiger partial charge on any atom is -0.460 e. The van der Waals surface area contributed by atoms with E-state index >= 15 is 0 Å². The van der Waals surface area contributed by atoms with Crippen molar-refractivity contribution in [3.63, 3.8) is 0 Å². The van der Waals surface area contributed by atoms with Crippen molar-refractivity contribution in [2.24, 2.45) is 11.1 Å². The minimum absolute atomic E-state index is 0.00411. The summed E-state index contributed by atoms with van der Waals surface area (Å²) < 4.78 is 5.62. The van der Waals surface area contributed by atoms with Crippen molar-refractivity contribution >= 4 is 0 Å². The van der Waals surface area contributed by atoms with E-state index in [0.717, 1.165) is 35.2 Å². The predicted octanol–water partition coefficient (Wildman–Crippen LogP) is 2.88. The summed E-state index contributed by atoms with van der Waals surface area (Å²) in [5, 5.41) is 0. The van der Waals surface area contributed by atoms with Gasteiger partial charge in [0.25, 0.3) is 0 Å². The zero-order valence-corrected chi connectivity index (χ0v) is 12.0. The topological polar surface area (TPSA) is 64.9 Å². The maximum atomic E-state index is 5.77. The molecule has 2 aromatic heterocycles. The van der Waals surface area contributed by atoms with E-state index in [2.05, 4.69) is 23.8 Å². The number of hydrogen-bond donors (Lipinski definition) is 1. The van der Waals surface area contributed by atoms with E-state index in [-0.39, 0.29) is 5.41 Å². The summed E-state index contributed by atoms with van der Waals surface area (Å²) >= 11 is 0. The van der Waals surface area contributed by atoms with Gasteiger partial charge in [0, 0.05) is 12.1 Å². The molecule has 0 fully saturated rings. The van der Waals surface area contributed by atoms with Crippen LogP contribution >= 0.6 is 0 Å². The summed E-state index contributed by atoms with van der Waals surface area (Å²) in [5.41, 5.74) is 7.56. The van der Waals surface area contributed by atoms with Gasteiger partial charge in [-0.1, -0.05) is 13.8 Å². The summed E-state index contributed by atoms with van der Waals surface area (Å²) in [7, 11) is 0. The van der Waals surface area contributed by atoms with Crippen LogP contribution in [0.5, 0.6) is 0 Å². The second-order valence-corrected chi connectivity index (χ2v) is 5.77. The van der Waals surface area contributed by atoms with Crippen LogP contribution in [-0.4, -0.2) is 16.5 Å². The van der Waals surface area contributed by atoms with Gasteiger partial charge >= 0.3 is 0 Å². The Morgan fingerprint density at radius 1 is 1.21 bits per heavy atom. The van der Waals surface area contributed by atoms with E-state index in [9.17, 15) is 0 Å². The molecular weight excluding hydrogens is 238 g/mol. The molecule has 0 amide bonds. The van der Waals surface area contributed by atoms with Crippen LogP contribution in [0, 0.1) is 19.3 Å². The van der Waals surface area contributed by atoms with Crippen LogP contribution in [0.2, 0.25) is 0 Å². The van der Waals surface area contributed by atoms with E-state index < -0.39 is 0 Å². The molecule has 0 saturated heterocycles. The maximum Gasteiger partial charge on any atom is 0.152 e. The van der Waals surface area contributed by atoms with E-state index in [1.165, 1.54) is 0 Å². The smallest absolute Gasteiger partial charge is 0.152 e. The largest absolute Gasteiger partial charge is 0.460 e. The number of furan rings is 1. The highest BCUT2D eigenvalue weighted by Crippen LogP contribution is 2.23. The molecule has 0 aromatic carbocycles. The Hall–Kier alpha value is -1.68. The first-order chi connectivity index (χ1) is 8.89. The molecule has 0 unspecified atom stereocenters. The van der Waals surface area contributed by atoms with Gasteiger partial charge in [0.15, 0.2) is 5.76 Å². The average molecular weight is 259 g/mol. The fraction of sp³-hybridized carbons (Fsp3) is 0.467. The quantitative estimate of drug-likeness (QED) is 0.917. The van der Waals surface area contributed by atoms with Crippen LogP contribution in [0.1, 0.15) is 31.1 Å². The first-order valence-corrected chi connectivity index (χ1v) is 6.51. The molecule has 4 nitrogen and oxygen atoms in total. The highest BCUT2D eigenvalue weighted by atomic mass is 16.3. The zero-order chi connectivity index (χ0) is 14.0. The Morgan fingerprint density at radius 2 is 1.95 bits per heavy atom. The first kappa shape index (κ1) is 13.7. The van der Waals surface area contributed by atoms with Gasteiger partial charge in [-0.3, -0.25) is 0 Å². The van der Waals surface area contributed by atoms with Crippen molar-refractivity contribution in [3.8, 4) is 11.5 Å². The van der Waals surface area contributed by atoms with E-state index in [0.29, 0.717) is 6.54 Å². The summed E-state index contributed by atoms with van der Waals surface area (Å²) in [6.07, 6.45) is 0.762. The van der Waals surface area contributed by atoms with Gasteiger partial charge < -0.3 is 10.2 Å². The second-order valence-electron chi connectivity index (χ2n) is 5.77. The molecule has 102 valence electrons. The molecule has 0 atom stereocenters. The normalized spacial score (nSPS) is 11.8. The summed E-state index contributed by atoms with van der Waals surface area (Å²) in [5.74, 6) is 2.49. The van der Waals surface area contributed by atoms with Crippen molar-refractivity contribution < 1.29 is 4.42 Å². The number of nitrogens with two attached hydrogens (primary N) is 1. The van der Waals surface area contributed by atoms with Crippen LogP contribution in [0.15, 0.2) is 22.6 Å². The molecular formula is C15H21N3O. The van der Waals surface area contributed by atoms with Gasteiger partial charge in [-0.05, 0) is 44.0 Å². The molecule has 2 N–H and O–H groups in total. The maximum absolute atomic E-state index is 5.77. The van der Waals surface area contributed by atoms with Crippen molar-refractivity contribution in [1.82, 2.24) is 9.97 Å². The lowest BCUT2D eigenvalue weighted by Crippen LogP contribution is -2.27. The van der Waals surface area contributed by atoms with Crippen molar-refractivity contribution in [2.75, 3.05) is 6.54 Å². The zero-order valence-electron chi connectivity index (χ0n) is 12.0. The lowest BCUT2D eigenvalue weighted by atomic mass is 9.89. The van der Waals surface area contributed by atoms with Gasteiger partial charge in [-0.25, -0.2) is 9.97 Å². The third-order valence-corrected chi connectivity index (χ3v) is 3.08. The SMILES string of the molecule is Cc1cc(-c2ccc(C)o2)nc(CC(C)(C)CN)n1. The third-order valence-electron chi connectivity index (χ3n) is 3.08. The van der Waals surface area contributed by atoms with Crippen LogP contribution in [-0.2, 0) is 6.42 Å². The number of hydrogen-bond acceptors (Lipinski definition) is 4. The van der Waals surface area contributed by atoms with Gasteiger partial charge in [-0.15, -0.1) is 0 Å². The summed E-state index contributed by atoms with van der Waals surface area (Å²) in [4.78, 5) is 9.08. The first-order valence-electron chi connectivity index (χ1n) is 6.51. The van der Waals surface area contributed by atoms with Crippen molar-refractivity contribution in [1.29, 1.82) is 0 Å². The molecule has 0 saturated carbocycles. The summed E-state index contributed by atoms with van der Waals surface area (Å²) in [6, 6.07) is 5.82. The molecule has 0 aliphatic carbocycles. The molecule has 0 aliphatic rings. The van der Waals surface area contributed by atoms with Crippen LogP contribution in [0.4, 0.5) is 0 Å². The van der Waals surface area contributed by atoms with E-state index in [1.54, 1.807) is 0 Å². The molecule has 2 aromatic rings. The Morgan fingerprint density at radius 3 is 2.53 bits per heavy atom. The molecule has 0 spiro atoms. The standard InChI is InChI=1S/C15H21N3O/c1-10-7-12(13-6-5-11(2)19-13)18-14(17-10)8-15(3,4)9-16/h5-7H,8-9,16H2,1-4H3.